The van der Waals surface area contributed by atoms with Crippen LogP contribution in [-0.4, -0.2) is 47.6 Å². The lowest BCUT2D eigenvalue weighted by molar-refractivity contribution is -0.154. The summed E-state index contributed by atoms with van der Waals surface area (Å²) >= 11 is 0. The van der Waals surface area contributed by atoms with Crippen LogP contribution in [0.5, 0.6) is 0 Å². The van der Waals surface area contributed by atoms with Crippen molar-refractivity contribution in [1.29, 1.82) is 0 Å². The number of carboxylic acid groups (broad SMARTS) is 1. The maximum atomic E-state index is 13.0. The molecule has 0 aliphatic carbocycles. The van der Waals surface area contributed by atoms with E-state index < -0.39 is 5.97 Å². The molecule has 0 radical (unpaired) electrons. The van der Waals surface area contributed by atoms with Crippen LogP contribution in [0.1, 0.15) is 91.4 Å². The number of cyclic esters (lactones) is 1. The normalized spacial score (nSPS) is 36.0. The molecule has 3 aliphatic heterocycles. The van der Waals surface area contributed by atoms with Gasteiger partial charge in [0.2, 0.25) is 0 Å². The highest BCUT2D eigenvalue weighted by Crippen LogP contribution is 2.33. The molecule has 0 saturated carbocycles. The van der Waals surface area contributed by atoms with Crippen molar-refractivity contribution in [3.8, 4) is 0 Å². The summed E-state index contributed by atoms with van der Waals surface area (Å²) in [5.41, 5.74) is 1.34. The van der Waals surface area contributed by atoms with Crippen LogP contribution >= 0.6 is 0 Å². The van der Waals surface area contributed by atoms with Gasteiger partial charge in [-0.3, -0.25) is 9.59 Å². The van der Waals surface area contributed by atoms with Crippen LogP contribution < -0.4 is 0 Å². The summed E-state index contributed by atoms with van der Waals surface area (Å²) in [6.45, 7) is 6.37. The van der Waals surface area contributed by atoms with Crippen molar-refractivity contribution in [3.05, 3.63) is 48.1 Å². The average Bonchev–Trinajstić information content (AvgIpc) is 2.85. The van der Waals surface area contributed by atoms with Crippen LogP contribution in [0.4, 0.5) is 0 Å². The predicted octanol–water partition coefficient (Wildman–Crippen LogP) is 6.71. The molecular formula is C31H46O6. The Hall–Kier alpha value is -2.18. The Bertz CT molecular complexity index is 856. The van der Waals surface area contributed by atoms with E-state index in [-0.39, 0.29) is 55.2 Å². The average molecular weight is 515 g/mol. The van der Waals surface area contributed by atoms with E-state index >= 15 is 0 Å². The first-order valence-corrected chi connectivity index (χ1v) is 14.2. The fraction of sp³-hybridized carbons (Fsp3) is 0.677. The summed E-state index contributed by atoms with van der Waals surface area (Å²) < 4.78 is 18.9. The van der Waals surface area contributed by atoms with Gasteiger partial charge in [0.25, 0.3) is 0 Å². The molecule has 1 N–H and O–H groups in total. The summed E-state index contributed by atoms with van der Waals surface area (Å²) in [4.78, 5) is 23.7. The summed E-state index contributed by atoms with van der Waals surface area (Å²) in [5.74, 6) is -0.627. The van der Waals surface area contributed by atoms with Crippen LogP contribution in [0, 0.1) is 11.8 Å². The number of hydrogen-bond donors (Lipinski definition) is 1. The molecule has 3 rings (SSSR count). The molecule has 4 bridgehead atoms. The Kier molecular flexibility index (Phi) is 12.1. The molecule has 0 aromatic heterocycles. The van der Waals surface area contributed by atoms with Crippen molar-refractivity contribution in [2.24, 2.45) is 11.8 Å². The molecule has 0 amide bonds. The van der Waals surface area contributed by atoms with Crippen LogP contribution in [0.25, 0.3) is 0 Å². The number of esters is 1. The van der Waals surface area contributed by atoms with E-state index in [1.807, 2.05) is 24.3 Å². The number of unbranched alkanes of at least 4 members (excludes halogenated alkanes) is 1. The zero-order chi connectivity index (χ0) is 26.6. The van der Waals surface area contributed by atoms with Gasteiger partial charge >= 0.3 is 11.9 Å². The monoisotopic (exact) mass is 514 g/mol. The molecule has 2 fully saturated rings. The van der Waals surface area contributed by atoms with Gasteiger partial charge in [-0.15, -0.1) is 0 Å². The number of aliphatic carboxylic acids is 1. The van der Waals surface area contributed by atoms with E-state index in [1.54, 1.807) is 0 Å². The number of allylic oxidation sites excluding steroid dienone is 5. The van der Waals surface area contributed by atoms with Crippen molar-refractivity contribution < 1.29 is 28.9 Å². The molecule has 6 heteroatoms. The molecule has 0 spiro atoms. The Morgan fingerprint density at radius 1 is 1.00 bits per heavy atom. The highest BCUT2D eigenvalue weighted by Gasteiger charge is 2.32. The minimum atomic E-state index is -0.776. The highest BCUT2D eigenvalue weighted by molar-refractivity contribution is 5.70. The summed E-state index contributed by atoms with van der Waals surface area (Å²) in [6.07, 6.45) is 22.9. The minimum Gasteiger partial charge on any atom is -0.481 e. The van der Waals surface area contributed by atoms with E-state index in [1.165, 1.54) is 12.0 Å². The Labute approximate surface area is 222 Å². The largest absolute Gasteiger partial charge is 0.481 e. The third-order valence-corrected chi connectivity index (χ3v) is 7.60. The first kappa shape index (κ1) is 29.4. The summed E-state index contributed by atoms with van der Waals surface area (Å²) in [5, 5.41) is 8.77. The topological polar surface area (TPSA) is 82.1 Å². The Morgan fingerprint density at radius 3 is 2.49 bits per heavy atom. The smallest absolute Gasteiger partial charge is 0.309 e. The maximum Gasteiger partial charge on any atom is 0.309 e. The number of fused-ring (bicyclic) bond motifs is 4. The second kappa shape index (κ2) is 15.3. The molecule has 7 unspecified atom stereocenters. The molecule has 6 nitrogen and oxygen atoms in total. The predicted molar refractivity (Wildman–Crippen MR) is 145 cm³/mol. The van der Waals surface area contributed by atoms with E-state index in [4.69, 9.17) is 19.3 Å². The quantitative estimate of drug-likeness (QED) is 0.184. The number of carbonyl (C=O) groups excluding carboxylic acids is 1. The van der Waals surface area contributed by atoms with Gasteiger partial charge in [0.15, 0.2) is 0 Å². The lowest BCUT2D eigenvalue weighted by Gasteiger charge is -2.37. The van der Waals surface area contributed by atoms with Crippen LogP contribution in [-0.2, 0) is 23.8 Å². The fourth-order valence-electron chi connectivity index (χ4n) is 5.55. The molecule has 0 aromatic carbocycles. The van der Waals surface area contributed by atoms with E-state index in [2.05, 4.69) is 39.0 Å². The van der Waals surface area contributed by atoms with Crippen molar-refractivity contribution in [1.82, 2.24) is 0 Å². The standard InChI is InChI=1S/C31H46O6/c1-4-24-18-27-20-26-12-10-11-25(35-26)17-22(2)15-16-23(3)29(37-31(34)21-28(19-24)36-27)13-8-6-5-7-9-14-30(32)33/h4-6,8,13,15-16,22-23,25-29H,7,9-12,14,17-21H2,1-3H3,(H,32,33)/b6-5-,13-8+,16-15+,24-4-. The van der Waals surface area contributed by atoms with Crippen LogP contribution in [0.2, 0.25) is 0 Å². The van der Waals surface area contributed by atoms with Crippen molar-refractivity contribution in [2.75, 3.05) is 0 Å². The molecule has 206 valence electrons. The fourth-order valence-corrected chi connectivity index (χ4v) is 5.55. The molecule has 37 heavy (non-hydrogen) atoms. The molecule has 3 heterocycles. The summed E-state index contributed by atoms with van der Waals surface area (Å²) in [6, 6.07) is 0. The van der Waals surface area contributed by atoms with Crippen molar-refractivity contribution >= 4 is 11.9 Å². The van der Waals surface area contributed by atoms with Gasteiger partial charge in [0, 0.05) is 18.8 Å². The van der Waals surface area contributed by atoms with Crippen LogP contribution in [0.15, 0.2) is 48.1 Å². The van der Waals surface area contributed by atoms with E-state index in [0.29, 0.717) is 18.8 Å². The molecule has 0 aromatic rings. The Morgan fingerprint density at radius 2 is 1.73 bits per heavy atom. The SMILES string of the molecule is C/C=C1\CC2CC(=O)OC(/C=C/C=C\CCCC(=O)O)C(C)/C=C/C(C)CC3CCCC(CC(C1)O2)O3. The maximum absolute atomic E-state index is 13.0. The first-order chi connectivity index (χ1) is 17.8. The van der Waals surface area contributed by atoms with Gasteiger partial charge in [0.1, 0.15) is 6.10 Å². The van der Waals surface area contributed by atoms with Gasteiger partial charge in [-0.2, -0.15) is 0 Å². The van der Waals surface area contributed by atoms with Gasteiger partial charge < -0.3 is 19.3 Å². The second-order valence-corrected chi connectivity index (χ2v) is 11.0. The lowest BCUT2D eigenvalue weighted by Crippen LogP contribution is -2.37. The second-order valence-electron chi connectivity index (χ2n) is 11.0. The third kappa shape index (κ3) is 10.6. The minimum absolute atomic E-state index is 0.0158. The van der Waals surface area contributed by atoms with Crippen LogP contribution in [0.3, 0.4) is 0 Å². The third-order valence-electron chi connectivity index (χ3n) is 7.60. The van der Waals surface area contributed by atoms with Gasteiger partial charge in [-0.25, -0.2) is 0 Å². The zero-order valence-corrected chi connectivity index (χ0v) is 22.8. The molecule has 2 saturated heterocycles. The van der Waals surface area contributed by atoms with Crippen molar-refractivity contribution in [3.63, 3.8) is 0 Å². The Balaban J connectivity index is 1.73. The molecule has 7 atom stereocenters. The number of ether oxygens (including phenoxy) is 3. The van der Waals surface area contributed by atoms with Gasteiger partial charge in [0.05, 0.1) is 30.8 Å². The lowest BCUT2D eigenvalue weighted by atomic mass is 9.90. The number of hydrogen-bond acceptors (Lipinski definition) is 5. The van der Waals surface area contributed by atoms with Crippen molar-refractivity contribution in [2.45, 2.75) is 122 Å². The summed E-state index contributed by atoms with van der Waals surface area (Å²) in [7, 11) is 0. The van der Waals surface area contributed by atoms with E-state index in [9.17, 15) is 9.59 Å². The van der Waals surface area contributed by atoms with Gasteiger partial charge in [-0.1, -0.05) is 55.9 Å². The number of carboxylic acids is 1. The first-order valence-electron chi connectivity index (χ1n) is 14.2. The highest BCUT2D eigenvalue weighted by atomic mass is 16.5. The molecule has 3 aliphatic rings. The molecular weight excluding hydrogens is 468 g/mol. The number of carbonyl (C=O) groups is 2. The van der Waals surface area contributed by atoms with Gasteiger partial charge in [-0.05, 0) is 70.3 Å². The zero-order valence-electron chi connectivity index (χ0n) is 22.8. The van der Waals surface area contributed by atoms with E-state index in [0.717, 1.165) is 38.5 Å². The number of rotatable bonds is 6.